The van der Waals surface area contributed by atoms with E-state index >= 15 is 0 Å². The molecule has 0 aliphatic carbocycles. The van der Waals surface area contributed by atoms with E-state index in [-0.39, 0.29) is 5.60 Å². The maximum absolute atomic E-state index is 5.45. The van der Waals surface area contributed by atoms with Crippen molar-refractivity contribution in [2.24, 2.45) is 0 Å². The van der Waals surface area contributed by atoms with Gasteiger partial charge in [0.15, 0.2) is 0 Å². The molecule has 1 N–H and O–H groups in total. The molecule has 1 rings (SSSR count). The lowest BCUT2D eigenvalue weighted by atomic mass is 10.0. The second kappa shape index (κ2) is 5.54. The fourth-order valence-electron chi connectivity index (χ4n) is 1.45. The van der Waals surface area contributed by atoms with E-state index < -0.39 is 0 Å². The molecule has 0 aromatic carbocycles. The summed E-state index contributed by atoms with van der Waals surface area (Å²) in [7, 11) is 3.44. The van der Waals surface area contributed by atoms with Crippen LogP contribution in [0, 0.1) is 0 Å². The van der Waals surface area contributed by atoms with Gasteiger partial charge in [-0.25, -0.2) is 0 Å². The Bertz CT molecular complexity index is 135. The molecular formula is C9H19NO3. The first-order valence-corrected chi connectivity index (χ1v) is 4.65. The Balaban J connectivity index is 2.16. The van der Waals surface area contributed by atoms with Gasteiger partial charge in [-0.3, -0.25) is 0 Å². The molecule has 0 bridgehead atoms. The molecule has 0 aromatic heterocycles. The van der Waals surface area contributed by atoms with Crippen LogP contribution in [0.5, 0.6) is 0 Å². The molecule has 78 valence electrons. The topological polar surface area (TPSA) is 39.7 Å². The lowest BCUT2D eigenvalue weighted by Gasteiger charge is -2.25. The van der Waals surface area contributed by atoms with Gasteiger partial charge in [-0.2, -0.15) is 0 Å². The quantitative estimate of drug-likeness (QED) is 0.598. The molecule has 0 radical (unpaired) electrons. The van der Waals surface area contributed by atoms with Crippen molar-refractivity contribution in [3.8, 4) is 0 Å². The van der Waals surface area contributed by atoms with E-state index in [4.69, 9.17) is 14.2 Å². The third-order valence-corrected chi connectivity index (χ3v) is 2.43. The van der Waals surface area contributed by atoms with E-state index in [1.165, 1.54) is 0 Å². The van der Waals surface area contributed by atoms with Gasteiger partial charge in [0.1, 0.15) is 5.60 Å². The molecule has 4 heteroatoms. The lowest BCUT2D eigenvalue weighted by molar-refractivity contribution is -0.0163. The van der Waals surface area contributed by atoms with Crippen molar-refractivity contribution in [1.29, 1.82) is 0 Å². The van der Waals surface area contributed by atoms with Crippen molar-refractivity contribution in [2.45, 2.75) is 12.0 Å². The molecule has 1 saturated heterocycles. The highest BCUT2D eigenvalue weighted by atomic mass is 16.5. The van der Waals surface area contributed by atoms with Gasteiger partial charge in [0.2, 0.25) is 0 Å². The Morgan fingerprint density at radius 2 is 2.31 bits per heavy atom. The second-order valence-corrected chi connectivity index (χ2v) is 3.36. The maximum atomic E-state index is 5.45. The molecule has 0 aromatic rings. The Hall–Kier alpha value is -0.160. The normalized spacial score (nSPS) is 28.2. The Morgan fingerprint density at radius 1 is 1.46 bits per heavy atom. The molecule has 1 heterocycles. The number of hydrogen-bond donors (Lipinski definition) is 1. The van der Waals surface area contributed by atoms with Gasteiger partial charge in [0, 0.05) is 40.3 Å². The Kier molecular flexibility index (Phi) is 4.66. The molecule has 13 heavy (non-hydrogen) atoms. The van der Waals surface area contributed by atoms with Crippen LogP contribution in [0.15, 0.2) is 0 Å². The van der Waals surface area contributed by atoms with E-state index in [1.54, 1.807) is 14.2 Å². The summed E-state index contributed by atoms with van der Waals surface area (Å²) < 4.78 is 15.7. The van der Waals surface area contributed by atoms with Crippen LogP contribution in [0.2, 0.25) is 0 Å². The van der Waals surface area contributed by atoms with Gasteiger partial charge in [-0.15, -0.1) is 0 Å². The van der Waals surface area contributed by atoms with Crippen LogP contribution in [-0.2, 0) is 14.2 Å². The molecule has 1 aliphatic rings. The predicted octanol–water partition coefficient (Wildman–Crippen LogP) is 0.0279. The minimum absolute atomic E-state index is 0.103. The number of rotatable bonds is 6. The molecular weight excluding hydrogens is 170 g/mol. The van der Waals surface area contributed by atoms with E-state index in [0.29, 0.717) is 6.61 Å². The summed E-state index contributed by atoms with van der Waals surface area (Å²) in [4.78, 5) is 0. The zero-order valence-corrected chi connectivity index (χ0v) is 8.47. The second-order valence-electron chi connectivity index (χ2n) is 3.36. The first-order valence-electron chi connectivity index (χ1n) is 4.65. The summed E-state index contributed by atoms with van der Waals surface area (Å²) in [6.07, 6.45) is 0.976. The summed E-state index contributed by atoms with van der Waals surface area (Å²) in [6, 6.07) is 0. The van der Waals surface area contributed by atoms with Gasteiger partial charge in [-0.05, 0) is 0 Å². The van der Waals surface area contributed by atoms with Crippen LogP contribution in [0.1, 0.15) is 6.42 Å². The van der Waals surface area contributed by atoms with Crippen LogP contribution >= 0.6 is 0 Å². The summed E-state index contributed by atoms with van der Waals surface area (Å²) in [5.41, 5.74) is -0.103. The molecule has 1 fully saturated rings. The number of hydrogen-bond acceptors (Lipinski definition) is 4. The first kappa shape index (κ1) is 10.9. The fraction of sp³-hybridized carbons (Fsp3) is 1.00. The molecule has 0 saturated carbocycles. The summed E-state index contributed by atoms with van der Waals surface area (Å²) in [5.74, 6) is 0. The Labute approximate surface area is 79.5 Å². The van der Waals surface area contributed by atoms with Crippen molar-refractivity contribution < 1.29 is 14.2 Å². The number of nitrogens with one attached hydrogen (secondary N) is 1. The lowest BCUT2D eigenvalue weighted by Crippen LogP contribution is -2.43. The summed E-state index contributed by atoms with van der Waals surface area (Å²) in [5, 5.41) is 3.29. The minimum Gasteiger partial charge on any atom is -0.383 e. The molecule has 1 aliphatic heterocycles. The molecule has 0 amide bonds. The summed E-state index contributed by atoms with van der Waals surface area (Å²) in [6.45, 7) is 3.94. The van der Waals surface area contributed by atoms with Gasteiger partial charge in [0.25, 0.3) is 0 Å². The van der Waals surface area contributed by atoms with E-state index in [1.807, 2.05) is 0 Å². The highest BCUT2D eigenvalue weighted by molar-refractivity contribution is 4.86. The first-order chi connectivity index (χ1) is 6.33. The van der Waals surface area contributed by atoms with Crippen molar-refractivity contribution in [1.82, 2.24) is 5.32 Å². The summed E-state index contributed by atoms with van der Waals surface area (Å²) >= 11 is 0. The third kappa shape index (κ3) is 3.23. The smallest absolute Gasteiger partial charge is 0.106 e. The number of ether oxygens (including phenoxy) is 3. The molecule has 1 atom stereocenters. The molecule has 1 unspecified atom stereocenters. The zero-order valence-electron chi connectivity index (χ0n) is 8.47. The van der Waals surface area contributed by atoms with Crippen molar-refractivity contribution in [3.63, 3.8) is 0 Å². The zero-order chi connectivity index (χ0) is 9.57. The maximum Gasteiger partial charge on any atom is 0.106 e. The van der Waals surface area contributed by atoms with Crippen molar-refractivity contribution in [2.75, 3.05) is 47.1 Å². The largest absolute Gasteiger partial charge is 0.383 e. The van der Waals surface area contributed by atoms with Gasteiger partial charge in [-0.1, -0.05) is 0 Å². The van der Waals surface area contributed by atoms with Gasteiger partial charge >= 0.3 is 0 Å². The van der Waals surface area contributed by atoms with Crippen molar-refractivity contribution >= 4 is 0 Å². The average Bonchev–Trinajstić information content (AvgIpc) is 2.62. The third-order valence-electron chi connectivity index (χ3n) is 2.43. The predicted molar refractivity (Wildman–Crippen MR) is 49.9 cm³/mol. The van der Waals surface area contributed by atoms with Crippen molar-refractivity contribution in [3.05, 3.63) is 0 Å². The van der Waals surface area contributed by atoms with Crippen LogP contribution < -0.4 is 5.32 Å². The monoisotopic (exact) mass is 189 g/mol. The Morgan fingerprint density at radius 3 is 2.85 bits per heavy atom. The highest BCUT2D eigenvalue weighted by Gasteiger charge is 2.34. The van der Waals surface area contributed by atoms with Gasteiger partial charge < -0.3 is 19.5 Å². The van der Waals surface area contributed by atoms with Crippen LogP contribution in [0.3, 0.4) is 0 Å². The SMILES string of the molecule is COCCNCC1(OC)CCOC1. The average molecular weight is 189 g/mol. The van der Waals surface area contributed by atoms with E-state index in [0.717, 1.165) is 32.7 Å². The standard InChI is InChI=1S/C9H19NO3/c1-11-6-4-10-7-9(12-2)3-5-13-8-9/h10H,3-8H2,1-2H3. The minimum atomic E-state index is -0.103. The fourth-order valence-corrected chi connectivity index (χ4v) is 1.45. The highest BCUT2D eigenvalue weighted by Crippen LogP contribution is 2.21. The van der Waals surface area contributed by atoms with Crippen LogP contribution in [-0.4, -0.2) is 52.7 Å². The van der Waals surface area contributed by atoms with Gasteiger partial charge in [0.05, 0.1) is 13.2 Å². The molecule has 0 spiro atoms. The van der Waals surface area contributed by atoms with E-state index in [2.05, 4.69) is 5.32 Å². The molecule has 4 nitrogen and oxygen atoms in total. The van der Waals surface area contributed by atoms with Crippen LogP contribution in [0.25, 0.3) is 0 Å². The number of methoxy groups -OCH3 is 2. The van der Waals surface area contributed by atoms with E-state index in [9.17, 15) is 0 Å². The van der Waals surface area contributed by atoms with Crippen LogP contribution in [0.4, 0.5) is 0 Å².